The molecule has 1 aliphatic carbocycles. The summed E-state index contributed by atoms with van der Waals surface area (Å²) in [6.45, 7) is 12.0. The van der Waals surface area contributed by atoms with E-state index in [2.05, 4.69) is 37.9 Å². The number of carboxylic acid groups (broad SMARTS) is 1. The van der Waals surface area contributed by atoms with Crippen LogP contribution in [-0.4, -0.2) is 47.7 Å². The highest BCUT2D eigenvalue weighted by atomic mass is 16.4. The lowest BCUT2D eigenvalue weighted by Gasteiger charge is -2.41. The maximum Gasteiger partial charge on any atom is 0.325 e. The molecule has 1 aliphatic rings. The highest BCUT2D eigenvalue weighted by Gasteiger charge is 2.51. The van der Waals surface area contributed by atoms with Crippen molar-refractivity contribution in [3.8, 4) is 0 Å². The normalized spacial score (nSPS) is 21.2. The first-order chi connectivity index (χ1) is 8.65. The largest absolute Gasteiger partial charge is 0.480 e. The maximum absolute atomic E-state index is 11.8. The Labute approximate surface area is 117 Å². The van der Waals surface area contributed by atoms with Gasteiger partial charge < -0.3 is 15.3 Å². The Morgan fingerprint density at radius 1 is 1.42 bits per heavy atom. The minimum absolute atomic E-state index is 0.148. The van der Waals surface area contributed by atoms with E-state index in [-0.39, 0.29) is 11.3 Å². The quantitative estimate of drug-likeness (QED) is 0.744. The summed E-state index contributed by atoms with van der Waals surface area (Å²) in [6, 6.07) is 0.337. The number of likely N-dealkylation sites (N-methyl/N-ethyl adjacent to an activating group) is 2. The van der Waals surface area contributed by atoms with Crippen LogP contribution in [0.5, 0.6) is 0 Å². The molecule has 0 heterocycles. The van der Waals surface area contributed by atoms with Gasteiger partial charge in [0.1, 0.15) is 5.54 Å². The molecule has 4 nitrogen and oxygen atoms in total. The number of aliphatic carboxylic acids is 1. The van der Waals surface area contributed by atoms with Crippen molar-refractivity contribution in [2.45, 2.75) is 59.0 Å². The van der Waals surface area contributed by atoms with Crippen LogP contribution in [0.4, 0.5) is 0 Å². The van der Waals surface area contributed by atoms with E-state index in [0.29, 0.717) is 19.1 Å². The highest BCUT2D eigenvalue weighted by Crippen LogP contribution is 2.41. The predicted octanol–water partition coefficient (Wildman–Crippen LogP) is 2.20. The second-order valence-corrected chi connectivity index (χ2v) is 7.04. The molecule has 19 heavy (non-hydrogen) atoms. The van der Waals surface area contributed by atoms with Crippen LogP contribution in [0.15, 0.2) is 0 Å². The molecule has 0 aliphatic heterocycles. The SMILES string of the molecule is CCNC(CN(C)C(C)C(C)(C)C)(C(=O)O)C1CC1. The molecule has 0 spiro atoms. The Hall–Kier alpha value is -0.610. The molecule has 2 unspecified atom stereocenters. The molecule has 112 valence electrons. The van der Waals surface area contributed by atoms with Crippen molar-refractivity contribution >= 4 is 5.97 Å². The van der Waals surface area contributed by atoms with Gasteiger partial charge in [-0.2, -0.15) is 0 Å². The van der Waals surface area contributed by atoms with Gasteiger partial charge in [0, 0.05) is 12.6 Å². The van der Waals surface area contributed by atoms with Gasteiger partial charge in [-0.05, 0) is 44.7 Å². The zero-order valence-corrected chi connectivity index (χ0v) is 13.3. The van der Waals surface area contributed by atoms with Crippen LogP contribution in [0, 0.1) is 11.3 Å². The van der Waals surface area contributed by atoms with E-state index < -0.39 is 11.5 Å². The van der Waals surface area contributed by atoms with Gasteiger partial charge in [0.15, 0.2) is 0 Å². The summed E-state index contributed by atoms with van der Waals surface area (Å²) in [5, 5.41) is 13.0. The van der Waals surface area contributed by atoms with Crippen molar-refractivity contribution in [3.05, 3.63) is 0 Å². The van der Waals surface area contributed by atoms with Crippen molar-refractivity contribution in [3.63, 3.8) is 0 Å². The van der Waals surface area contributed by atoms with E-state index in [1.807, 2.05) is 14.0 Å². The molecule has 1 rings (SSSR count). The molecule has 2 N–H and O–H groups in total. The molecular formula is C15H30N2O2. The van der Waals surface area contributed by atoms with E-state index in [9.17, 15) is 9.90 Å². The number of nitrogens with one attached hydrogen (secondary N) is 1. The second kappa shape index (κ2) is 5.80. The zero-order chi connectivity index (χ0) is 14.8. The Morgan fingerprint density at radius 2 is 1.95 bits per heavy atom. The minimum Gasteiger partial charge on any atom is -0.480 e. The fourth-order valence-electron chi connectivity index (χ4n) is 2.73. The lowest BCUT2D eigenvalue weighted by Crippen LogP contribution is -2.62. The lowest BCUT2D eigenvalue weighted by molar-refractivity contribution is -0.147. The Bertz CT molecular complexity index is 321. The van der Waals surface area contributed by atoms with E-state index >= 15 is 0 Å². The summed E-state index contributed by atoms with van der Waals surface area (Å²) >= 11 is 0. The Morgan fingerprint density at radius 3 is 2.26 bits per heavy atom. The maximum atomic E-state index is 11.8. The monoisotopic (exact) mass is 270 g/mol. The fourth-order valence-corrected chi connectivity index (χ4v) is 2.73. The molecule has 0 bridgehead atoms. The van der Waals surface area contributed by atoms with Crippen LogP contribution >= 0.6 is 0 Å². The Kier molecular flexibility index (Phi) is 5.02. The number of carbonyl (C=O) groups is 1. The average Bonchev–Trinajstić information content (AvgIpc) is 3.09. The number of rotatable bonds is 7. The molecule has 0 saturated heterocycles. The van der Waals surface area contributed by atoms with Crippen LogP contribution in [-0.2, 0) is 4.79 Å². The van der Waals surface area contributed by atoms with Crippen molar-refractivity contribution in [1.29, 1.82) is 0 Å². The standard InChI is InChI=1S/C15H30N2O2/c1-7-16-15(13(18)19,12-8-9-12)10-17(6)11(2)14(3,4)5/h11-12,16H,7-10H2,1-6H3,(H,18,19). The molecule has 0 amide bonds. The van der Waals surface area contributed by atoms with Crippen molar-refractivity contribution < 1.29 is 9.90 Å². The average molecular weight is 270 g/mol. The van der Waals surface area contributed by atoms with Gasteiger partial charge in [0.05, 0.1) is 0 Å². The number of hydrogen-bond donors (Lipinski definition) is 2. The van der Waals surface area contributed by atoms with Crippen molar-refractivity contribution in [1.82, 2.24) is 10.2 Å². The third-order valence-corrected chi connectivity index (χ3v) is 4.56. The summed E-state index contributed by atoms with van der Waals surface area (Å²) in [6.07, 6.45) is 2.05. The first kappa shape index (κ1) is 16.4. The second-order valence-electron chi connectivity index (χ2n) is 7.04. The van der Waals surface area contributed by atoms with Gasteiger partial charge >= 0.3 is 5.97 Å². The first-order valence-electron chi connectivity index (χ1n) is 7.33. The van der Waals surface area contributed by atoms with Crippen LogP contribution < -0.4 is 5.32 Å². The zero-order valence-electron chi connectivity index (χ0n) is 13.3. The van der Waals surface area contributed by atoms with Gasteiger partial charge in [0.25, 0.3) is 0 Å². The summed E-state index contributed by atoms with van der Waals surface area (Å²) in [5.41, 5.74) is -0.627. The fraction of sp³-hybridized carbons (Fsp3) is 0.933. The molecule has 1 fully saturated rings. The molecule has 4 heteroatoms. The first-order valence-corrected chi connectivity index (χ1v) is 7.33. The topological polar surface area (TPSA) is 52.6 Å². The van der Waals surface area contributed by atoms with Crippen LogP contribution in [0.1, 0.15) is 47.5 Å². The van der Waals surface area contributed by atoms with E-state index in [4.69, 9.17) is 0 Å². The number of hydrogen-bond acceptors (Lipinski definition) is 3. The van der Waals surface area contributed by atoms with Crippen molar-refractivity contribution in [2.75, 3.05) is 20.1 Å². The van der Waals surface area contributed by atoms with E-state index in [1.54, 1.807) is 0 Å². The summed E-state index contributed by atoms with van der Waals surface area (Å²) in [4.78, 5) is 14.0. The van der Waals surface area contributed by atoms with Gasteiger partial charge in [-0.25, -0.2) is 0 Å². The number of nitrogens with zero attached hydrogens (tertiary/aromatic N) is 1. The van der Waals surface area contributed by atoms with Crippen LogP contribution in [0.3, 0.4) is 0 Å². The summed E-state index contributed by atoms with van der Waals surface area (Å²) in [5.74, 6) is -0.427. The summed E-state index contributed by atoms with van der Waals surface area (Å²) < 4.78 is 0. The molecule has 1 saturated carbocycles. The van der Waals surface area contributed by atoms with Gasteiger partial charge in [-0.15, -0.1) is 0 Å². The number of carboxylic acids is 1. The smallest absolute Gasteiger partial charge is 0.325 e. The molecule has 0 aromatic heterocycles. The lowest BCUT2D eigenvalue weighted by atomic mass is 9.85. The third-order valence-electron chi connectivity index (χ3n) is 4.56. The molecule has 2 atom stereocenters. The van der Waals surface area contributed by atoms with Crippen LogP contribution in [0.2, 0.25) is 0 Å². The molecule has 0 radical (unpaired) electrons. The van der Waals surface area contributed by atoms with E-state index in [0.717, 1.165) is 12.8 Å². The van der Waals surface area contributed by atoms with Crippen molar-refractivity contribution in [2.24, 2.45) is 11.3 Å². The third kappa shape index (κ3) is 3.69. The molecule has 0 aromatic rings. The van der Waals surface area contributed by atoms with Gasteiger partial charge in [-0.1, -0.05) is 27.7 Å². The van der Waals surface area contributed by atoms with E-state index in [1.165, 1.54) is 0 Å². The highest BCUT2D eigenvalue weighted by molar-refractivity contribution is 5.80. The minimum atomic E-state index is -0.775. The van der Waals surface area contributed by atoms with Gasteiger partial charge in [0.2, 0.25) is 0 Å². The predicted molar refractivity (Wildman–Crippen MR) is 78.3 cm³/mol. The Balaban J connectivity index is 2.86. The van der Waals surface area contributed by atoms with Gasteiger partial charge in [-0.3, -0.25) is 4.79 Å². The molecule has 0 aromatic carbocycles. The molecular weight excluding hydrogens is 240 g/mol. The summed E-state index contributed by atoms with van der Waals surface area (Å²) in [7, 11) is 2.04. The van der Waals surface area contributed by atoms with Crippen LogP contribution in [0.25, 0.3) is 0 Å².